The molecule has 8 nitrogen and oxygen atoms in total. The minimum Gasteiger partial charge on any atom is -0.493 e. The van der Waals surface area contributed by atoms with Gasteiger partial charge in [-0.15, -0.1) is 0 Å². The van der Waals surface area contributed by atoms with Gasteiger partial charge in [-0.3, -0.25) is 9.78 Å². The van der Waals surface area contributed by atoms with E-state index in [4.69, 9.17) is 14.2 Å². The standard InChI is InChI=1S/C22H19N3O5/c1-28-17-9-15-16(10-18(17)29-2)24-19(25-21(15)26)8-12-7-13-5-4-6-14(22(27)30-3)20(13)23-11-12/h4-7,9-11H,8H2,1-3H3,(H,24,25,26). The number of benzene rings is 2. The van der Waals surface area contributed by atoms with Crippen LogP contribution in [0.1, 0.15) is 21.7 Å². The summed E-state index contributed by atoms with van der Waals surface area (Å²) in [6, 6.07) is 10.5. The second-order valence-electron chi connectivity index (χ2n) is 6.63. The van der Waals surface area contributed by atoms with Gasteiger partial charge in [0, 0.05) is 24.1 Å². The van der Waals surface area contributed by atoms with E-state index < -0.39 is 5.97 Å². The highest BCUT2D eigenvalue weighted by Gasteiger charge is 2.14. The Balaban J connectivity index is 1.74. The first kappa shape index (κ1) is 19.4. The minimum atomic E-state index is -0.439. The summed E-state index contributed by atoms with van der Waals surface area (Å²) in [5.41, 5.74) is 2.04. The van der Waals surface area contributed by atoms with Crippen LogP contribution in [0.5, 0.6) is 11.5 Å². The summed E-state index contributed by atoms with van der Waals surface area (Å²) in [6.45, 7) is 0. The van der Waals surface area contributed by atoms with E-state index in [1.807, 2.05) is 12.1 Å². The summed E-state index contributed by atoms with van der Waals surface area (Å²) in [6.07, 6.45) is 2.03. The molecule has 0 saturated heterocycles. The fraction of sp³-hybridized carbons (Fsp3) is 0.182. The zero-order chi connectivity index (χ0) is 21.3. The third kappa shape index (κ3) is 3.43. The zero-order valence-corrected chi connectivity index (χ0v) is 16.7. The Bertz CT molecular complexity index is 1330. The molecule has 2 heterocycles. The highest BCUT2D eigenvalue weighted by Crippen LogP contribution is 2.30. The van der Waals surface area contributed by atoms with E-state index in [1.54, 1.807) is 30.5 Å². The van der Waals surface area contributed by atoms with E-state index in [1.165, 1.54) is 21.3 Å². The maximum absolute atomic E-state index is 12.6. The smallest absolute Gasteiger partial charge is 0.340 e. The number of methoxy groups -OCH3 is 3. The number of hydrogen-bond donors (Lipinski definition) is 1. The largest absolute Gasteiger partial charge is 0.493 e. The number of hydrogen-bond acceptors (Lipinski definition) is 7. The number of carbonyl (C=O) groups excluding carboxylic acids is 1. The van der Waals surface area contributed by atoms with Crippen LogP contribution in [0.4, 0.5) is 0 Å². The lowest BCUT2D eigenvalue weighted by Crippen LogP contribution is -2.13. The monoisotopic (exact) mass is 405 g/mol. The molecule has 0 fully saturated rings. The number of esters is 1. The van der Waals surface area contributed by atoms with Gasteiger partial charge in [0.2, 0.25) is 0 Å². The highest BCUT2D eigenvalue weighted by atomic mass is 16.5. The summed E-state index contributed by atoms with van der Waals surface area (Å²) in [5.74, 6) is 1.01. The van der Waals surface area contributed by atoms with Gasteiger partial charge < -0.3 is 19.2 Å². The Morgan fingerprint density at radius 2 is 1.83 bits per heavy atom. The minimum absolute atomic E-state index is 0.266. The number of carbonyl (C=O) groups is 1. The van der Waals surface area contributed by atoms with Gasteiger partial charge in [0.15, 0.2) is 11.5 Å². The lowest BCUT2D eigenvalue weighted by Gasteiger charge is -2.10. The molecule has 4 rings (SSSR count). The van der Waals surface area contributed by atoms with Gasteiger partial charge in [0.1, 0.15) is 5.82 Å². The summed E-state index contributed by atoms with van der Waals surface area (Å²) in [4.78, 5) is 36.3. The molecule has 152 valence electrons. The second kappa shape index (κ2) is 7.82. The van der Waals surface area contributed by atoms with Crippen molar-refractivity contribution in [3.8, 4) is 11.5 Å². The van der Waals surface area contributed by atoms with Gasteiger partial charge in [0.25, 0.3) is 5.56 Å². The third-order valence-electron chi connectivity index (χ3n) is 4.80. The van der Waals surface area contributed by atoms with Crippen molar-refractivity contribution in [2.75, 3.05) is 21.3 Å². The number of fused-ring (bicyclic) bond motifs is 2. The number of pyridine rings is 1. The fourth-order valence-electron chi connectivity index (χ4n) is 3.37. The van der Waals surface area contributed by atoms with Crippen LogP contribution in [-0.2, 0) is 11.2 Å². The Morgan fingerprint density at radius 1 is 1.07 bits per heavy atom. The topological polar surface area (TPSA) is 103 Å². The average molecular weight is 405 g/mol. The zero-order valence-electron chi connectivity index (χ0n) is 16.7. The first-order valence-corrected chi connectivity index (χ1v) is 9.15. The molecule has 0 bridgehead atoms. The molecule has 0 unspecified atom stereocenters. The Hall–Kier alpha value is -3.94. The van der Waals surface area contributed by atoms with Crippen molar-refractivity contribution < 1.29 is 19.0 Å². The first-order valence-electron chi connectivity index (χ1n) is 9.15. The van der Waals surface area contributed by atoms with Crippen molar-refractivity contribution in [3.05, 3.63) is 69.9 Å². The molecule has 0 saturated carbocycles. The summed E-state index contributed by atoms with van der Waals surface area (Å²) >= 11 is 0. The van der Waals surface area contributed by atoms with Gasteiger partial charge in [-0.2, -0.15) is 0 Å². The molecule has 4 aromatic rings. The number of aromatic nitrogens is 3. The van der Waals surface area contributed by atoms with E-state index in [0.717, 1.165) is 10.9 Å². The van der Waals surface area contributed by atoms with Gasteiger partial charge >= 0.3 is 5.97 Å². The first-order chi connectivity index (χ1) is 14.5. The Labute approximate surface area is 171 Å². The van der Waals surface area contributed by atoms with E-state index >= 15 is 0 Å². The molecule has 30 heavy (non-hydrogen) atoms. The molecular formula is C22H19N3O5. The van der Waals surface area contributed by atoms with Gasteiger partial charge in [0.05, 0.1) is 43.3 Å². The molecule has 0 spiro atoms. The number of aromatic amines is 1. The molecule has 0 atom stereocenters. The molecule has 2 aromatic carbocycles. The fourth-order valence-corrected chi connectivity index (χ4v) is 3.37. The summed E-state index contributed by atoms with van der Waals surface area (Å²) in [5, 5.41) is 1.21. The predicted octanol–water partition coefficient (Wildman–Crippen LogP) is 2.87. The van der Waals surface area contributed by atoms with Gasteiger partial charge in [-0.25, -0.2) is 9.78 Å². The average Bonchev–Trinajstić information content (AvgIpc) is 2.77. The van der Waals surface area contributed by atoms with Crippen molar-refractivity contribution in [3.63, 3.8) is 0 Å². The number of ether oxygens (including phenoxy) is 3. The van der Waals surface area contributed by atoms with Crippen LogP contribution < -0.4 is 15.0 Å². The van der Waals surface area contributed by atoms with Crippen LogP contribution in [0.15, 0.2) is 47.4 Å². The SMILES string of the molecule is COC(=O)c1cccc2cc(Cc3nc4cc(OC)c(OC)cc4c(=O)[nH]3)cnc12. The number of para-hydroxylation sites is 1. The van der Waals surface area contributed by atoms with Crippen molar-refractivity contribution >= 4 is 27.8 Å². The molecule has 0 aliphatic heterocycles. The van der Waals surface area contributed by atoms with Gasteiger partial charge in [-0.05, 0) is 23.8 Å². The molecule has 0 aliphatic carbocycles. The lowest BCUT2D eigenvalue weighted by molar-refractivity contribution is 0.0602. The van der Waals surface area contributed by atoms with Crippen LogP contribution in [0.25, 0.3) is 21.8 Å². The maximum Gasteiger partial charge on any atom is 0.340 e. The second-order valence-corrected chi connectivity index (χ2v) is 6.63. The number of nitrogens with one attached hydrogen (secondary N) is 1. The van der Waals surface area contributed by atoms with E-state index in [2.05, 4.69) is 15.0 Å². The molecule has 0 radical (unpaired) electrons. The molecule has 8 heteroatoms. The van der Waals surface area contributed by atoms with Crippen molar-refractivity contribution in [2.24, 2.45) is 0 Å². The van der Waals surface area contributed by atoms with E-state index in [9.17, 15) is 9.59 Å². The van der Waals surface area contributed by atoms with Crippen LogP contribution in [0, 0.1) is 0 Å². The third-order valence-corrected chi connectivity index (χ3v) is 4.80. The highest BCUT2D eigenvalue weighted by molar-refractivity contribution is 6.02. The van der Waals surface area contributed by atoms with E-state index in [0.29, 0.717) is 45.7 Å². The van der Waals surface area contributed by atoms with E-state index in [-0.39, 0.29) is 5.56 Å². The van der Waals surface area contributed by atoms with Crippen molar-refractivity contribution in [1.29, 1.82) is 0 Å². The Morgan fingerprint density at radius 3 is 2.57 bits per heavy atom. The van der Waals surface area contributed by atoms with Crippen molar-refractivity contribution in [1.82, 2.24) is 15.0 Å². The molecular weight excluding hydrogens is 386 g/mol. The van der Waals surface area contributed by atoms with Crippen molar-refractivity contribution in [2.45, 2.75) is 6.42 Å². The lowest BCUT2D eigenvalue weighted by atomic mass is 10.1. The number of rotatable bonds is 5. The van der Waals surface area contributed by atoms with Crippen LogP contribution in [0.3, 0.4) is 0 Å². The summed E-state index contributed by atoms with van der Waals surface area (Å²) in [7, 11) is 4.38. The predicted molar refractivity (Wildman–Crippen MR) is 111 cm³/mol. The molecule has 1 N–H and O–H groups in total. The number of H-pyrrole nitrogens is 1. The maximum atomic E-state index is 12.6. The van der Waals surface area contributed by atoms with Gasteiger partial charge in [-0.1, -0.05) is 12.1 Å². The quantitative estimate of drug-likeness (QED) is 0.509. The molecule has 0 amide bonds. The molecule has 0 aliphatic rings. The van der Waals surface area contributed by atoms with Crippen LogP contribution in [0.2, 0.25) is 0 Å². The van der Waals surface area contributed by atoms with Crippen LogP contribution >= 0.6 is 0 Å². The van der Waals surface area contributed by atoms with Crippen LogP contribution in [-0.4, -0.2) is 42.3 Å². The Kier molecular flexibility index (Phi) is 5.05. The summed E-state index contributed by atoms with van der Waals surface area (Å²) < 4.78 is 15.4. The normalized spacial score (nSPS) is 10.9. The molecule has 2 aromatic heterocycles. The number of nitrogens with zero attached hydrogens (tertiary/aromatic N) is 2.